The molecule has 77 heavy (non-hydrogen) atoms. The maximum absolute atomic E-state index is 13.2. The van der Waals surface area contributed by atoms with E-state index < -0.39 is 74.2 Å². The molecule has 11 nitrogen and oxygen atoms in total. The fraction of sp³-hybridized carbons (Fsp3) is 0.955. The van der Waals surface area contributed by atoms with Gasteiger partial charge in [-0.25, -0.2) is 0 Å². The van der Waals surface area contributed by atoms with Gasteiger partial charge < -0.3 is 50.5 Å². The predicted molar refractivity (Wildman–Crippen MR) is 321 cm³/mol. The van der Waals surface area contributed by atoms with Crippen LogP contribution in [0.5, 0.6) is 0 Å². The molecule has 0 saturated carbocycles. The molecule has 0 spiro atoms. The SMILES string of the molecule is CCCCCCCCCCCCCC/C=C\CCCCCCCCCCCC(O)C(=O)NC(COC1OC(CO)C(O)C(O)C1O)C(O)C(O)CCCCCCCCCCCCCCCCCCCCCCCCCCC. The van der Waals surface area contributed by atoms with Gasteiger partial charge in [-0.05, 0) is 38.5 Å². The van der Waals surface area contributed by atoms with Gasteiger partial charge >= 0.3 is 0 Å². The Morgan fingerprint density at radius 3 is 1.09 bits per heavy atom. The summed E-state index contributed by atoms with van der Waals surface area (Å²) in [5, 5.41) is 76.5. The van der Waals surface area contributed by atoms with Crippen LogP contribution in [0.3, 0.4) is 0 Å². The Bertz CT molecular complexity index is 1260. The molecular weight excluding hydrogens is 967 g/mol. The van der Waals surface area contributed by atoms with Gasteiger partial charge in [0.25, 0.3) is 0 Å². The molecule has 0 radical (unpaired) electrons. The summed E-state index contributed by atoms with van der Waals surface area (Å²) in [6.07, 6.45) is 55.6. The summed E-state index contributed by atoms with van der Waals surface area (Å²) >= 11 is 0. The molecule has 1 fully saturated rings. The maximum atomic E-state index is 13.2. The van der Waals surface area contributed by atoms with Crippen molar-refractivity contribution in [3.05, 3.63) is 12.2 Å². The van der Waals surface area contributed by atoms with Gasteiger partial charge in [-0.15, -0.1) is 0 Å². The molecule has 0 aromatic rings. The Morgan fingerprint density at radius 2 is 0.753 bits per heavy atom. The number of hydrogen-bond donors (Lipinski definition) is 8. The lowest BCUT2D eigenvalue weighted by Crippen LogP contribution is -2.60. The molecule has 9 unspecified atom stereocenters. The van der Waals surface area contributed by atoms with Crippen molar-refractivity contribution in [2.24, 2.45) is 0 Å². The minimum absolute atomic E-state index is 0.261. The third-order valence-electron chi connectivity index (χ3n) is 16.6. The second-order valence-electron chi connectivity index (χ2n) is 23.9. The number of carbonyl (C=O) groups is 1. The standard InChI is InChI=1S/C66H129NO10/c1-3-5-7-9-11-13-15-17-19-21-23-25-27-29-31-33-35-37-39-41-43-45-47-49-51-53-58(69)61(71)57(56-76-66-64(74)63(73)62(72)60(55-68)77-66)67-65(75)59(70)54-52-50-48-46-44-42-40-38-36-34-32-30-28-26-24-22-20-18-16-14-12-10-8-6-4-2/h30,32,57-64,66,68-74H,3-29,31,33-56H2,1-2H3,(H,67,75)/b32-30-. The van der Waals surface area contributed by atoms with Crippen molar-refractivity contribution in [2.45, 2.75) is 390 Å². The fourth-order valence-electron chi connectivity index (χ4n) is 11.1. The van der Waals surface area contributed by atoms with Crippen LogP contribution in [0.1, 0.15) is 335 Å². The highest BCUT2D eigenvalue weighted by molar-refractivity contribution is 5.80. The average Bonchev–Trinajstić information content (AvgIpc) is 3.43. The Labute approximate surface area is 474 Å². The second-order valence-corrected chi connectivity index (χ2v) is 23.9. The zero-order valence-electron chi connectivity index (χ0n) is 50.5. The third kappa shape index (κ3) is 43.2. The van der Waals surface area contributed by atoms with Crippen LogP contribution in [-0.4, -0.2) is 110 Å². The molecule has 0 aromatic heterocycles. The smallest absolute Gasteiger partial charge is 0.249 e. The summed E-state index contributed by atoms with van der Waals surface area (Å²) in [6, 6.07) is -1.17. The number of hydrogen-bond acceptors (Lipinski definition) is 10. The van der Waals surface area contributed by atoms with E-state index in [1.807, 2.05) is 0 Å². The lowest BCUT2D eigenvalue weighted by molar-refractivity contribution is -0.303. The largest absolute Gasteiger partial charge is 0.394 e. The first-order valence-electron chi connectivity index (χ1n) is 33.6. The van der Waals surface area contributed by atoms with E-state index in [2.05, 4.69) is 31.3 Å². The van der Waals surface area contributed by atoms with Gasteiger partial charge in [0.05, 0.1) is 25.4 Å². The predicted octanol–water partition coefficient (Wildman–Crippen LogP) is 15.5. The highest BCUT2D eigenvalue weighted by Crippen LogP contribution is 2.24. The second kappa shape index (κ2) is 55.4. The molecule has 0 aromatic carbocycles. The highest BCUT2D eigenvalue weighted by atomic mass is 16.7. The van der Waals surface area contributed by atoms with Crippen LogP contribution in [0.25, 0.3) is 0 Å². The zero-order valence-corrected chi connectivity index (χ0v) is 50.5. The Hall–Kier alpha value is -1.15. The van der Waals surface area contributed by atoms with Crippen molar-refractivity contribution >= 4 is 5.91 Å². The zero-order chi connectivity index (χ0) is 56.1. The van der Waals surface area contributed by atoms with Gasteiger partial charge in [0.1, 0.15) is 36.6 Å². The van der Waals surface area contributed by atoms with Crippen LogP contribution >= 0.6 is 0 Å². The van der Waals surface area contributed by atoms with E-state index in [1.165, 1.54) is 257 Å². The van der Waals surface area contributed by atoms with E-state index in [4.69, 9.17) is 9.47 Å². The first-order chi connectivity index (χ1) is 37.7. The Kier molecular flexibility index (Phi) is 53.1. The highest BCUT2D eigenvalue weighted by Gasteiger charge is 2.44. The summed E-state index contributed by atoms with van der Waals surface area (Å²) in [7, 11) is 0. The number of nitrogens with one attached hydrogen (secondary N) is 1. The molecule has 9 atom stereocenters. The normalized spacial score (nSPS) is 19.5. The fourth-order valence-corrected chi connectivity index (χ4v) is 11.1. The number of aliphatic hydroxyl groups excluding tert-OH is 7. The van der Waals surface area contributed by atoms with Crippen molar-refractivity contribution in [2.75, 3.05) is 13.2 Å². The molecular formula is C66H129NO10. The molecule has 1 rings (SSSR count). The molecule has 1 aliphatic rings. The maximum Gasteiger partial charge on any atom is 0.249 e. The molecule has 0 bridgehead atoms. The third-order valence-corrected chi connectivity index (χ3v) is 16.6. The number of carbonyl (C=O) groups excluding carboxylic acids is 1. The van der Waals surface area contributed by atoms with Crippen molar-refractivity contribution in [1.29, 1.82) is 0 Å². The van der Waals surface area contributed by atoms with Crippen LogP contribution in [0.15, 0.2) is 12.2 Å². The number of ether oxygens (including phenoxy) is 2. The molecule has 8 N–H and O–H groups in total. The van der Waals surface area contributed by atoms with Crippen molar-refractivity contribution in [3.8, 4) is 0 Å². The lowest BCUT2D eigenvalue weighted by Gasteiger charge is -2.40. The molecule has 1 saturated heterocycles. The van der Waals surface area contributed by atoms with Crippen molar-refractivity contribution in [3.63, 3.8) is 0 Å². The average molecular weight is 1100 g/mol. The van der Waals surface area contributed by atoms with Crippen LogP contribution in [-0.2, 0) is 14.3 Å². The molecule has 11 heteroatoms. The first-order valence-corrected chi connectivity index (χ1v) is 33.6. The van der Waals surface area contributed by atoms with E-state index >= 15 is 0 Å². The number of unbranched alkanes of at least 4 members (excludes halogenated alkanes) is 45. The first kappa shape index (κ1) is 73.9. The van der Waals surface area contributed by atoms with Crippen molar-refractivity contribution in [1.82, 2.24) is 5.32 Å². The van der Waals surface area contributed by atoms with Crippen LogP contribution in [0.2, 0.25) is 0 Å². The van der Waals surface area contributed by atoms with E-state index in [1.54, 1.807) is 0 Å². The minimum atomic E-state index is -1.66. The monoisotopic (exact) mass is 1100 g/mol. The van der Waals surface area contributed by atoms with Gasteiger partial charge in [0.15, 0.2) is 6.29 Å². The van der Waals surface area contributed by atoms with E-state index in [-0.39, 0.29) is 6.42 Å². The summed E-state index contributed by atoms with van der Waals surface area (Å²) in [6.45, 7) is 3.52. The summed E-state index contributed by atoms with van der Waals surface area (Å²) in [5.41, 5.74) is 0. The molecule has 1 aliphatic heterocycles. The lowest BCUT2D eigenvalue weighted by atomic mass is 9.98. The summed E-state index contributed by atoms with van der Waals surface area (Å²) in [5.74, 6) is -0.692. The molecule has 1 heterocycles. The molecule has 1 amide bonds. The topological polar surface area (TPSA) is 189 Å². The molecule has 0 aliphatic carbocycles. The quantitative estimate of drug-likeness (QED) is 0.0215. The number of amides is 1. The van der Waals surface area contributed by atoms with Gasteiger partial charge in [-0.1, -0.05) is 309 Å². The van der Waals surface area contributed by atoms with Crippen molar-refractivity contribution < 1.29 is 50.0 Å². The Balaban J connectivity index is 2.23. The van der Waals surface area contributed by atoms with E-state index in [9.17, 15) is 40.5 Å². The number of rotatable bonds is 59. The summed E-state index contributed by atoms with van der Waals surface area (Å²) < 4.78 is 11.2. The minimum Gasteiger partial charge on any atom is -0.394 e. The molecule has 458 valence electrons. The summed E-state index contributed by atoms with van der Waals surface area (Å²) in [4.78, 5) is 13.2. The van der Waals surface area contributed by atoms with Gasteiger partial charge in [0, 0.05) is 0 Å². The van der Waals surface area contributed by atoms with E-state index in [0.29, 0.717) is 19.3 Å². The number of aliphatic hydroxyl groups is 7. The van der Waals surface area contributed by atoms with Gasteiger partial charge in [-0.2, -0.15) is 0 Å². The van der Waals surface area contributed by atoms with E-state index in [0.717, 1.165) is 38.5 Å². The van der Waals surface area contributed by atoms with Gasteiger partial charge in [-0.3, -0.25) is 4.79 Å². The van der Waals surface area contributed by atoms with Gasteiger partial charge in [0.2, 0.25) is 5.91 Å². The van der Waals surface area contributed by atoms with Crippen LogP contribution in [0, 0.1) is 0 Å². The van der Waals surface area contributed by atoms with Crippen LogP contribution < -0.4 is 5.32 Å². The number of allylic oxidation sites excluding steroid dienone is 2. The Morgan fingerprint density at radius 1 is 0.442 bits per heavy atom. The van der Waals surface area contributed by atoms with Crippen LogP contribution in [0.4, 0.5) is 0 Å².